The van der Waals surface area contributed by atoms with Crippen LogP contribution in [0.3, 0.4) is 0 Å². The average molecular weight is 570 g/mol. The van der Waals surface area contributed by atoms with E-state index in [4.69, 9.17) is 14.2 Å². The number of aromatic nitrogens is 2. The number of aromatic amines is 1. The van der Waals surface area contributed by atoms with Gasteiger partial charge in [-0.2, -0.15) is 5.26 Å². The normalized spacial score (nSPS) is 21.0. The first-order valence-corrected chi connectivity index (χ1v) is 13.3. The number of aliphatic hydroxyl groups is 2. The smallest absolute Gasteiger partial charge is 0.331 e. The number of methoxy groups -OCH3 is 2. The summed E-state index contributed by atoms with van der Waals surface area (Å²) in [6.45, 7) is 1.49. The molecule has 0 amide bonds. The van der Waals surface area contributed by atoms with Crippen molar-refractivity contribution in [2.75, 3.05) is 14.2 Å². The van der Waals surface area contributed by atoms with E-state index >= 15 is 0 Å². The third-order valence-electron chi connectivity index (χ3n) is 7.95. The van der Waals surface area contributed by atoms with E-state index in [9.17, 15) is 25.1 Å². The molecule has 10 heteroatoms. The first kappa shape index (κ1) is 28.8. The van der Waals surface area contributed by atoms with E-state index < -0.39 is 40.7 Å². The summed E-state index contributed by atoms with van der Waals surface area (Å²) in [5, 5.41) is 34.2. The van der Waals surface area contributed by atoms with Gasteiger partial charge in [0.15, 0.2) is 0 Å². The molecular weight excluding hydrogens is 538 g/mol. The monoisotopic (exact) mass is 569 g/mol. The van der Waals surface area contributed by atoms with E-state index in [2.05, 4.69) is 4.98 Å². The fourth-order valence-corrected chi connectivity index (χ4v) is 5.81. The number of nitrogens with zero attached hydrogens (tertiary/aromatic N) is 2. The molecule has 1 aromatic heterocycles. The Morgan fingerprint density at radius 3 is 2.00 bits per heavy atom. The van der Waals surface area contributed by atoms with Gasteiger partial charge < -0.3 is 24.4 Å². The topological polar surface area (TPSA) is 147 Å². The van der Waals surface area contributed by atoms with Gasteiger partial charge in [0, 0.05) is 18.2 Å². The maximum absolute atomic E-state index is 12.8. The zero-order chi connectivity index (χ0) is 30.1. The zero-order valence-electron chi connectivity index (χ0n) is 23.4. The fraction of sp³-hybridized carbons (Fsp3) is 0.281. The van der Waals surface area contributed by atoms with Crippen molar-refractivity contribution in [2.24, 2.45) is 0 Å². The highest BCUT2D eigenvalue weighted by molar-refractivity contribution is 5.54. The summed E-state index contributed by atoms with van der Waals surface area (Å²) in [4.78, 5) is 27.0. The summed E-state index contributed by atoms with van der Waals surface area (Å²) in [6.07, 6.45) is -3.28. The molecule has 2 heterocycles. The van der Waals surface area contributed by atoms with Crippen LogP contribution in [0.4, 0.5) is 0 Å². The minimum Gasteiger partial charge on any atom is -0.497 e. The molecule has 0 bridgehead atoms. The molecule has 42 heavy (non-hydrogen) atoms. The van der Waals surface area contributed by atoms with Gasteiger partial charge in [-0.05, 0) is 47.9 Å². The molecule has 4 atom stereocenters. The second-order valence-electron chi connectivity index (χ2n) is 10.3. The van der Waals surface area contributed by atoms with Crippen LogP contribution in [0.5, 0.6) is 11.5 Å². The Balaban J connectivity index is 1.73. The van der Waals surface area contributed by atoms with E-state index in [0.717, 1.165) is 4.57 Å². The van der Waals surface area contributed by atoms with Crippen molar-refractivity contribution in [2.45, 2.75) is 42.8 Å². The van der Waals surface area contributed by atoms with E-state index in [1.807, 2.05) is 60.7 Å². The van der Waals surface area contributed by atoms with Gasteiger partial charge in [-0.15, -0.1) is 0 Å². The maximum Gasteiger partial charge on any atom is 0.331 e. The Morgan fingerprint density at radius 2 is 1.50 bits per heavy atom. The molecule has 1 fully saturated rings. The van der Waals surface area contributed by atoms with Gasteiger partial charge in [-0.25, -0.2) is 4.79 Å². The number of nitrogens with one attached hydrogen (secondary N) is 1. The Labute approximate surface area is 242 Å². The van der Waals surface area contributed by atoms with Crippen molar-refractivity contribution in [3.63, 3.8) is 0 Å². The number of hydrogen-bond acceptors (Lipinski definition) is 8. The van der Waals surface area contributed by atoms with Crippen molar-refractivity contribution in [3.05, 3.63) is 128 Å². The molecule has 0 spiro atoms. The zero-order valence-corrected chi connectivity index (χ0v) is 23.4. The molecule has 0 aliphatic carbocycles. The second-order valence-corrected chi connectivity index (χ2v) is 10.3. The minimum atomic E-state index is -1.99. The fourth-order valence-electron chi connectivity index (χ4n) is 5.81. The molecule has 0 saturated carbocycles. The molecule has 1 aliphatic heterocycles. The summed E-state index contributed by atoms with van der Waals surface area (Å²) >= 11 is 0. The number of nitriles is 1. The van der Waals surface area contributed by atoms with E-state index in [0.29, 0.717) is 28.2 Å². The molecule has 10 nitrogen and oxygen atoms in total. The van der Waals surface area contributed by atoms with Crippen molar-refractivity contribution in [1.29, 1.82) is 5.26 Å². The van der Waals surface area contributed by atoms with Crippen LogP contribution < -0.4 is 20.7 Å². The lowest BCUT2D eigenvalue weighted by atomic mass is 9.64. The summed E-state index contributed by atoms with van der Waals surface area (Å²) < 4.78 is 18.0. The molecule has 5 rings (SSSR count). The van der Waals surface area contributed by atoms with E-state index in [1.165, 1.54) is 13.1 Å². The van der Waals surface area contributed by atoms with E-state index in [-0.39, 0.29) is 12.0 Å². The lowest BCUT2D eigenvalue weighted by molar-refractivity contribution is -0.124. The summed E-state index contributed by atoms with van der Waals surface area (Å²) in [7, 11) is 3.12. The van der Waals surface area contributed by atoms with Crippen molar-refractivity contribution < 1.29 is 24.4 Å². The third kappa shape index (κ3) is 4.67. The number of hydrogen-bond donors (Lipinski definition) is 3. The van der Waals surface area contributed by atoms with Crippen LogP contribution >= 0.6 is 0 Å². The summed E-state index contributed by atoms with van der Waals surface area (Å²) in [5.74, 6) is 1.22. The number of H-pyrrole nitrogens is 1. The average Bonchev–Trinajstić information content (AvgIpc) is 3.37. The highest BCUT2D eigenvalue weighted by Crippen LogP contribution is 2.48. The minimum absolute atomic E-state index is 0.182. The number of aryl methyl sites for hydroxylation is 1. The first-order valence-electron chi connectivity index (χ1n) is 13.3. The maximum atomic E-state index is 12.8. The standard InChI is InChI=1S/C32H31N3O7/c1-20-18-35(30(39)34-29(20)38)31(19-33)17-26(36)27(42-31)28(37)32(21-7-5-4-6-8-21,22-9-13-24(40-2)14-10-22)23-11-15-25(41-3)16-12-23/h4-16,18,26-28,36-37H,17H2,1-3H3,(H,34,38,39)/t26-,27-,28?,31-/m0/s1. The van der Waals surface area contributed by atoms with Crippen molar-refractivity contribution >= 4 is 0 Å². The second kappa shape index (κ2) is 11.3. The molecule has 216 valence electrons. The highest BCUT2D eigenvalue weighted by Gasteiger charge is 2.57. The Hall–Kier alpha value is -4.69. The van der Waals surface area contributed by atoms with E-state index in [1.54, 1.807) is 38.5 Å². The predicted molar refractivity (Wildman–Crippen MR) is 153 cm³/mol. The Bertz CT molecular complexity index is 1660. The Kier molecular flexibility index (Phi) is 7.75. The number of rotatable bonds is 8. The van der Waals surface area contributed by atoms with Crippen LogP contribution in [0.25, 0.3) is 0 Å². The highest BCUT2D eigenvalue weighted by atomic mass is 16.6. The molecule has 3 N–H and O–H groups in total. The molecule has 1 aliphatic rings. The Morgan fingerprint density at radius 1 is 0.976 bits per heavy atom. The largest absolute Gasteiger partial charge is 0.497 e. The summed E-state index contributed by atoms with van der Waals surface area (Å²) in [5.41, 5.74) is -2.58. The predicted octanol–water partition coefficient (Wildman–Crippen LogP) is 2.58. The lowest BCUT2D eigenvalue weighted by Crippen LogP contribution is -2.52. The van der Waals surface area contributed by atoms with Crippen LogP contribution in [0.2, 0.25) is 0 Å². The van der Waals surface area contributed by atoms with Crippen molar-refractivity contribution in [1.82, 2.24) is 9.55 Å². The number of ether oxygens (including phenoxy) is 3. The summed E-state index contributed by atoms with van der Waals surface area (Å²) in [6, 6.07) is 25.7. The van der Waals surface area contributed by atoms with Crippen LogP contribution in [0.15, 0.2) is 94.6 Å². The van der Waals surface area contributed by atoms with Crippen LogP contribution in [-0.2, 0) is 15.9 Å². The number of aliphatic hydroxyl groups excluding tert-OH is 2. The molecule has 3 aromatic carbocycles. The van der Waals surface area contributed by atoms with Crippen molar-refractivity contribution in [3.8, 4) is 17.6 Å². The number of benzene rings is 3. The van der Waals surface area contributed by atoms with Crippen LogP contribution in [-0.4, -0.2) is 52.3 Å². The molecule has 1 saturated heterocycles. The molecular formula is C32H31N3O7. The lowest BCUT2D eigenvalue weighted by Gasteiger charge is -2.43. The first-order chi connectivity index (χ1) is 20.2. The van der Waals surface area contributed by atoms with Gasteiger partial charge in [0.2, 0.25) is 5.72 Å². The van der Waals surface area contributed by atoms with Gasteiger partial charge in [0.1, 0.15) is 29.8 Å². The molecule has 4 aromatic rings. The van der Waals surface area contributed by atoms with Gasteiger partial charge in [0.25, 0.3) is 5.56 Å². The van der Waals surface area contributed by atoms with Gasteiger partial charge >= 0.3 is 5.69 Å². The quantitative estimate of drug-likeness (QED) is 0.275. The van der Waals surface area contributed by atoms with Crippen LogP contribution in [0.1, 0.15) is 28.7 Å². The molecule has 1 unspecified atom stereocenters. The molecule has 0 radical (unpaired) electrons. The third-order valence-corrected chi connectivity index (χ3v) is 7.95. The van der Waals surface area contributed by atoms with Gasteiger partial charge in [-0.1, -0.05) is 54.6 Å². The van der Waals surface area contributed by atoms with Crippen LogP contribution in [0, 0.1) is 18.3 Å². The van der Waals surface area contributed by atoms with Gasteiger partial charge in [0.05, 0.1) is 25.7 Å². The van der Waals surface area contributed by atoms with Gasteiger partial charge in [-0.3, -0.25) is 14.3 Å². The SMILES string of the molecule is COc1ccc(C(c2ccccc2)(c2ccc(OC)cc2)C(O)[C@H]2O[C@@](C#N)(n3cc(C)c(=O)[nH]c3=O)C[C@@H]2O)cc1.